The molecule has 0 radical (unpaired) electrons. The molecule has 1 aromatic rings. The van der Waals surface area contributed by atoms with Crippen LogP contribution in [0.25, 0.3) is 0 Å². The lowest BCUT2D eigenvalue weighted by Gasteiger charge is -2.21. The zero-order chi connectivity index (χ0) is 11.8. The molecule has 1 N–H and O–H groups in total. The minimum atomic E-state index is 0.0689. The van der Waals surface area contributed by atoms with Gasteiger partial charge in [-0.15, -0.1) is 0 Å². The van der Waals surface area contributed by atoms with Crippen LogP contribution in [0.4, 0.5) is 0 Å². The monoisotopic (exact) mass is 223 g/mol. The molecule has 0 fully saturated rings. The van der Waals surface area contributed by atoms with Gasteiger partial charge in [0.15, 0.2) is 0 Å². The van der Waals surface area contributed by atoms with Gasteiger partial charge in [-0.3, -0.25) is 9.89 Å². The molecule has 1 rings (SSSR count). The average molecular weight is 223 g/mol. The van der Waals surface area contributed by atoms with Gasteiger partial charge in [0, 0.05) is 19.3 Å². The van der Waals surface area contributed by atoms with E-state index in [1.165, 1.54) is 0 Å². The Morgan fingerprint density at radius 2 is 1.94 bits per heavy atom. The number of aromatic nitrogens is 2. The van der Waals surface area contributed by atoms with Crippen LogP contribution in [-0.4, -0.2) is 34.1 Å². The Morgan fingerprint density at radius 1 is 1.31 bits per heavy atom. The van der Waals surface area contributed by atoms with Crippen molar-refractivity contribution in [3.05, 3.63) is 18.0 Å². The topological polar surface area (TPSA) is 49.0 Å². The summed E-state index contributed by atoms with van der Waals surface area (Å²) in [6.45, 7) is 5.96. The predicted octanol–water partition coefficient (Wildman–Crippen LogP) is 2.45. The summed E-state index contributed by atoms with van der Waals surface area (Å²) >= 11 is 0. The SMILES string of the molecule is CCCCN(CCCC)C(=O)c1ccn[nH]1. The van der Waals surface area contributed by atoms with Gasteiger partial charge in [0.1, 0.15) is 5.69 Å². The van der Waals surface area contributed by atoms with Crippen molar-refractivity contribution in [2.75, 3.05) is 13.1 Å². The van der Waals surface area contributed by atoms with Crippen LogP contribution in [0.5, 0.6) is 0 Å². The molecule has 1 amide bonds. The highest BCUT2D eigenvalue weighted by Gasteiger charge is 2.15. The predicted molar refractivity (Wildman–Crippen MR) is 64.3 cm³/mol. The first kappa shape index (κ1) is 12.7. The van der Waals surface area contributed by atoms with Gasteiger partial charge < -0.3 is 4.90 Å². The fourth-order valence-electron chi connectivity index (χ4n) is 1.56. The molecular formula is C12H21N3O. The maximum Gasteiger partial charge on any atom is 0.271 e. The lowest BCUT2D eigenvalue weighted by atomic mass is 10.2. The molecule has 4 nitrogen and oxygen atoms in total. The number of aromatic amines is 1. The third kappa shape index (κ3) is 3.68. The van der Waals surface area contributed by atoms with Crippen molar-refractivity contribution in [1.29, 1.82) is 0 Å². The van der Waals surface area contributed by atoms with Crippen LogP contribution in [0, 0.1) is 0 Å². The van der Waals surface area contributed by atoms with Crippen LogP contribution < -0.4 is 0 Å². The van der Waals surface area contributed by atoms with Gasteiger partial charge in [-0.25, -0.2) is 0 Å². The van der Waals surface area contributed by atoms with Gasteiger partial charge in [-0.05, 0) is 18.9 Å². The molecule has 0 saturated carbocycles. The number of nitrogens with zero attached hydrogens (tertiary/aromatic N) is 2. The van der Waals surface area contributed by atoms with E-state index in [4.69, 9.17) is 0 Å². The number of unbranched alkanes of at least 4 members (excludes halogenated alkanes) is 2. The Bertz CT molecular complexity index is 287. The highest BCUT2D eigenvalue weighted by Crippen LogP contribution is 2.05. The zero-order valence-corrected chi connectivity index (χ0v) is 10.2. The largest absolute Gasteiger partial charge is 0.337 e. The Morgan fingerprint density at radius 3 is 2.38 bits per heavy atom. The molecule has 4 heteroatoms. The van der Waals surface area contributed by atoms with Crippen molar-refractivity contribution in [2.24, 2.45) is 0 Å². The van der Waals surface area contributed by atoms with Crippen molar-refractivity contribution in [1.82, 2.24) is 15.1 Å². The fraction of sp³-hybridized carbons (Fsp3) is 0.667. The molecule has 0 aliphatic rings. The van der Waals surface area contributed by atoms with Gasteiger partial charge >= 0.3 is 0 Å². The van der Waals surface area contributed by atoms with Gasteiger partial charge in [-0.2, -0.15) is 5.10 Å². The maximum atomic E-state index is 12.1. The van der Waals surface area contributed by atoms with Crippen molar-refractivity contribution in [3.8, 4) is 0 Å². The molecule has 90 valence electrons. The Labute approximate surface area is 97.0 Å². The van der Waals surface area contributed by atoms with Gasteiger partial charge in [-0.1, -0.05) is 26.7 Å². The number of amides is 1. The van der Waals surface area contributed by atoms with E-state index in [1.807, 2.05) is 4.90 Å². The summed E-state index contributed by atoms with van der Waals surface area (Å²) in [7, 11) is 0. The van der Waals surface area contributed by atoms with Gasteiger partial charge in [0.25, 0.3) is 5.91 Å². The van der Waals surface area contributed by atoms with E-state index in [0.717, 1.165) is 38.8 Å². The summed E-state index contributed by atoms with van der Waals surface area (Å²) in [5, 5.41) is 6.54. The Balaban J connectivity index is 2.56. The normalized spacial score (nSPS) is 10.4. The molecule has 0 aliphatic heterocycles. The van der Waals surface area contributed by atoms with E-state index in [2.05, 4.69) is 24.0 Å². The van der Waals surface area contributed by atoms with E-state index in [1.54, 1.807) is 12.3 Å². The summed E-state index contributed by atoms with van der Waals surface area (Å²) in [4.78, 5) is 14.0. The minimum Gasteiger partial charge on any atom is -0.337 e. The van der Waals surface area contributed by atoms with Gasteiger partial charge in [0.05, 0.1) is 0 Å². The molecule has 16 heavy (non-hydrogen) atoms. The molecule has 1 heterocycles. The Kier molecular flexibility index (Phi) is 5.61. The van der Waals surface area contributed by atoms with E-state index < -0.39 is 0 Å². The lowest BCUT2D eigenvalue weighted by Crippen LogP contribution is -2.33. The van der Waals surface area contributed by atoms with Crippen molar-refractivity contribution < 1.29 is 4.79 Å². The first-order valence-corrected chi connectivity index (χ1v) is 6.08. The summed E-state index contributed by atoms with van der Waals surface area (Å²) < 4.78 is 0. The second-order valence-corrected chi connectivity index (χ2v) is 3.97. The van der Waals surface area contributed by atoms with E-state index >= 15 is 0 Å². The number of carbonyl (C=O) groups excluding carboxylic acids is 1. The number of carbonyl (C=O) groups is 1. The number of hydrogen-bond acceptors (Lipinski definition) is 2. The summed E-state index contributed by atoms with van der Waals surface area (Å²) in [5.41, 5.74) is 0.590. The number of nitrogens with one attached hydrogen (secondary N) is 1. The van der Waals surface area contributed by atoms with Crippen LogP contribution in [0.2, 0.25) is 0 Å². The summed E-state index contributed by atoms with van der Waals surface area (Å²) in [6.07, 6.45) is 5.95. The highest BCUT2D eigenvalue weighted by molar-refractivity contribution is 5.92. The smallest absolute Gasteiger partial charge is 0.271 e. The number of hydrogen-bond donors (Lipinski definition) is 1. The van der Waals surface area contributed by atoms with Crippen LogP contribution >= 0.6 is 0 Å². The average Bonchev–Trinajstić information content (AvgIpc) is 2.82. The molecule has 1 aromatic heterocycles. The number of H-pyrrole nitrogens is 1. The molecular weight excluding hydrogens is 202 g/mol. The minimum absolute atomic E-state index is 0.0689. The van der Waals surface area contributed by atoms with Crippen molar-refractivity contribution in [3.63, 3.8) is 0 Å². The van der Waals surface area contributed by atoms with Crippen molar-refractivity contribution in [2.45, 2.75) is 39.5 Å². The third-order valence-corrected chi connectivity index (χ3v) is 2.58. The van der Waals surface area contributed by atoms with Crippen LogP contribution in [0.3, 0.4) is 0 Å². The molecule has 0 aromatic carbocycles. The Hall–Kier alpha value is -1.32. The summed E-state index contributed by atoms with van der Waals surface area (Å²) in [6, 6.07) is 1.73. The van der Waals surface area contributed by atoms with Gasteiger partial charge in [0.2, 0.25) is 0 Å². The molecule has 0 unspecified atom stereocenters. The van der Waals surface area contributed by atoms with E-state index in [0.29, 0.717) is 5.69 Å². The third-order valence-electron chi connectivity index (χ3n) is 2.58. The molecule has 0 spiro atoms. The first-order chi connectivity index (χ1) is 7.79. The van der Waals surface area contributed by atoms with Crippen LogP contribution in [0.1, 0.15) is 50.0 Å². The maximum absolute atomic E-state index is 12.1. The first-order valence-electron chi connectivity index (χ1n) is 6.08. The molecule has 0 saturated heterocycles. The summed E-state index contributed by atoms with van der Waals surface area (Å²) in [5.74, 6) is 0.0689. The quantitative estimate of drug-likeness (QED) is 0.772. The molecule has 0 aliphatic carbocycles. The molecule has 0 atom stereocenters. The van der Waals surface area contributed by atoms with Crippen molar-refractivity contribution >= 4 is 5.91 Å². The number of rotatable bonds is 7. The van der Waals surface area contributed by atoms with E-state index in [9.17, 15) is 4.79 Å². The lowest BCUT2D eigenvalue weighted by molar-refractivity contribution is 0.0745. The zero-order valence-electron chi connectivity index (χ0n) is 10.2. The van der Waals surface area contributed by atoms with Crippen LogP contribution in [-0.2, 0) is 0 Å². The van der Waals surface area contributed by atoms with E-state index in [-0.39, 0.29) is 5.91 Å². The van der Waals surface area contributed by atoms with Crippen LogP contribution in [0.15, 0.2) is 12.3 Å². The molecule has 0 bridgehead atoms. The highest BCUT2D eigenvalue weighted by atomic mass is 16.2. The standard InChI is InChI=1S/C12H21N3O/c1-3-5-9-15(10-6-4-2)12(16)11-7-8-13-14-11/h7-8H,3-6,9-10H2,1-2H3,(H,13,14). The fourth-order valence-corrected chi connectivity index (χ4v) is 1.56. The second kappa shape index (κ2) is 7.04. The second-order valence-electron chi connectivity index (χ2n) is 3.97.